The van der Waals surface area contributed by atoms with Gasteiger partial charge < -0.3 is 14.8 Å². The minimum Gasteiger partial charge on any atom is -0.490 e. The number of aromatic nitrogens is 4. The summed E-state index contributed by atoms with van der Waals surface area (Å²) in [6, 6.07) is 8.20. The molecule has 0 aliphatic carbocycles. The molecule has 3 rings (SSSR count). The van der Waals surface area contributed by atoms with E-state index in [1.54, 1.807) is 28.6 Å². The fourth-order valence-electron chi connectivity index (χ4n) is 2.88. The van der Waals surface area contributed by atoms with Crippen LogP contribution in [0.3, 0.4) is 0 Å². The molecule has 0 saturated heterocycles. The van der Waals surface area contributed by atoms with Gasteiger partial charge in [-0.05, 0) is 60.1 Å². The van der Waals surface area contributed by atoms with Gasteiger partial charge in [-0.2, -0.15) is 0 Å². The number of tetrazole rings is 1. The van der Waals surface area contributed by atoms with Crippen LogP contribution in [-0.4, -0.2) is 39.1 Å². The fourth-order valence-corrected chi connectivity index (χ4v) is 4.17. The number of thioether (sulfide) groups is 1. The third-order valence-electron chi connectivity index (χ3n) is 4.43. The van der Waals surface area contributed by atoms with E-state index in [9.17, 15) is 4.39 Å². The van der Waals surface area contributed by atoms with E-state index in [0.29, 0.717) is 34.7 Å². The van der Waals surface area contributed by atoms with Gasteiger partial charge in [-0.3, -0.25) is 0 Å². The summed E-state index contributed by atoms with van der Waals surface area (Å²) in [5, 5.41) is 16.3. The molecule has 1 aromatic heterocycles. The Morgan fingerprint density at radius 1 is 1.19 bits per heavy atom. The molecule has 0 aliphatic heterocycles. The van der Waals surface area contributed by atoms with E-state index in [1.807, 2.05) is 26.1 Å². The molecule has 32 heavy (non-hydrogen) atoms. The number of hydrogen-bond acceptors (Lipinski definition) is 7. The van der Waals surface area contributed by atoms with Gasteiger partial charge in [-0.25, -0.2) is 9.07 Å². The van der Waals surface area contributed by atoms with Crippen molar-refractivity contribution in [2.75, 3.05) is 18.9 Å². The van der Waals surface area contributed by atoms with Crippen molar-refractivity contribution in [1.29, 1.82) is 0 Å². The first-order valence-corrected chi connectivity index (χ1v) is 11.8. The van der Waals surface area contributed by atoms with Crippen LogP contribution in [0.25, 0.3) is 0 Å². The summed E-state index contributed by atoms with van der Waals surface area (Å²) in [7, 11) is 1.82. The number of nitrogens with one attached hydrogen (secondary N) is 1. The van der Waals surface area contributed by atoms with Crippen LogP contribution in [0, 0.1) is 5.82 Å². The molecule has 0 radical (unpaired) electrons. The summed E-state index contributed by atoms with van der Waals surface area (Å²) in [5.41, 5.74) is 1.23. The van der Waals surface area contributed by atoms with Gasteiger partial charge in [-0.1, -0.05) is 41.0 Å². The molecule has 1 N–H and O–H groups in total. The first kappa shape index (κ1) is 24.6. The molecule has 0 fully saturated rings. The van der Waals surface area contributed by atoms with Gasteiger partial charge in [0.25, 0.3) is 0 Å². The zero-order chi connectivity index (χ0) is 22.9. The zero-order valence-electron chi connectivity index (χ0n) is 17.8. The standard InChI is InChI=1S/C21H24Cl2FN5O2S/c1-3-30-19-11-14(12-25-8-5-9-32-21-26-27-28-29(21)2)10-17(23)20(19)31-13-15-16(22)6-4-7-18(15)24/h4,6-7,10-11,25H,3,5,8-9,12-13H2,1-2H3. The van der Waals surface area contributed by atoms with Crippen molar-refractivity contribution in [3.63, 3.8) is 0 Å². The Morgan fingerprint density at radius 2 is 2.03 bits per heavy atom. The van der Waals surface area contributed by atoms with E-state index in [0.717, 1.165) is 29.4 Å². The molecule has 1 heterocycles. The van der Waals surface area contributed by atoms with Crippen LogP contribution in [0.1, 0.15) is 24.5 Å². The van der Waals surface area contributed by atoms with Gasteiger partial charge in [-0.15, -0.1) is 5.10 Å². The second kappa shape index (κ2) is 12.2. The van der Waals surface area contributed by atoms with Crippen LogP contribution >= 0.6 is 35.0 Å². The van der Waals surface area contributed by atoms with Gasteiger partial charge in [0.05, 0.1) is 16.7 Å². The van der Waals surface area contributed by atoms with Crippen LogP contribution in [0.5, 0.6) is 11.5 Å². The Bertz CT molecular complexity index is 1020. The monoisotopic (exact) mass is 499 g/mol. The van der Waals surface area contributed by atoms with Gasteiger partial charge in [0.1, 0.15) is 12.4 Å². The van der Waals surface area contributed by atoms with Crippen molar-refractivity contribution in [3.8, 4) is 11.5 Å². The molecule has 11 heteroatoms. The van der Waals surface area contributed by atoms with Crippen molar-refractivity contribution in [1.82, 2.24) is 25.5 Å². The third-order valence-corrected chi connectivity index (χ3v) is 6.16. The van der Waals surface area contributed by atoms with Gasteiger partial charge >= 0.3 is 0 Å². The summed E-state index contributed by atoms with van der Waals surface area (Å²) in [5.74, 6) is 1.35. The zero-order valence-corrected chi connectivity index (χ0v) is 20.1. The lowest BCUT2D eigenvalue weighted by Crippen LogP contribution is -2.15. The normalized spacial score (nSPS) is 11.0. The molecule has 0 unspecified atom stereocenters. The van der Waals surface area contributed by atoms with Crippen molar-refractivity contribution in [2.45, 2.75) is 31.7 Å². The summed E-state index contributed by atoms with van der Waals surface area (Å²) < 4.78 is 27.2. The largest absolute Gasteiger partial charge is 0.490 e. The molecule has 0 saturated carbocycles. The summed E-state index contributed by atoms with van der Waals surface area (Å²) in [4.78, 5) is 0. The maximum Gasteiger partial charge on any atom is 0.209 e. The highest BCUT2D eigenvalue weighted by molar-refractivity contribution is 7.99. The van der Waals surface area contributed by atoms with Crippen LogP contribution in [0.2, 0.25) is 10.0 Å². The number of benzene rings is 2. The van der Waals surface area contributed by atoms with E-state index in [1.165, 1.54) is 6.07 Å². The Hall–Kier alpha value is -2.07. The first-order chi connectivity index (χ1) is 15.5. The smallest absolute Gasteiger partial charge is 0.209 e. The first-order valence-electron chi connectivity index (χ1n) is 10.1. The molecule has 7 nitrogen and oxygen atoms in total. The number of rotatable bonds is 12. The van der Waals surface area contributed by atoms with E-state index in [2.05, 4.69) is 20.8 Å². The summed E-state index contributed by atoms with van der Waals surface area (Å²) >= 11 is 14.2. The van der Waals surface area contributed by atoms with E-state index < -0.39 is 5.82 Å². The molecular formula is C21H24Cl2FN5O2S. The van der Waals surface area contributed by atoms with Crippen LogP contribution < -0.4 is 14.8 Å². The highest BCUT2D eigenvalue weighted by atomic mass is 35.5. The van der Waals surface area contributed by atoms with E-state index in [4.69, 9.17) is 32.7 Å². The lowest BCUT2D eigenvalue weighted by molar-refractivity contribution is 0.266. The SMILES string of the molecule is CCOc1cc(CNCCCSc2nnnn2C)cc(Cl)c1OCc1c(F)cccc1Cl. The van der Waals surface area contributed by atoms with Gasteiger partial charge in [0.15, 0.2) is 11.5 Å². The van der Waals surface area contributed by atoms with Crippen molar-refractivity contribution in [2.24, 2.45) is 7.05 Å². The predicted octanol–water partition coefficient (Wildman–Crippen LogP) is 4.91. The van der Waals surface area contributed by atoms with Crippen LogP contribution in [-0.2, 0) is 20.2 Å². The molecule has 172 valence electrons. The number of aryl methyl sites for hydroxylation is 1. The lowest BCUT2D eigenvalue weighted by Gasteiger charge is -2.16. The third kappa shape index (κ3) is 6.71. The number of halogens is 3. The summed E-state index contributed by atoms with van der Waals surface area (Å²) in [6.45, 7) is 3.71. The maximum atomic E-state index is 14.0. The Kier molecular flexibility index (Phi) is 9.40. The Balaban J connectivity index is 1.55. The second-order valence-electron chi connectivity index (χ2n) is 6.79. The van der Waals surface area contributed by atoms with E-state index in [-0.39, 0.29) is 12.2 Å². The van der Waals surface area contributed by atoms with E-state index >= 15 is 0 Å². The summed E-state index contributed by atoms with van der Waals surface area (Å²) in [6.07, 6.45) is 0.953. The highest BCUT2D eigenvalue weighted by Crippen LogP contribution is 2.37. The fraction of sp³-hybridized carbons (Fsp3) is 0.381. The molecule has 0 atom stereocenters. The average Bonchev–Trinajstić information content (AvgIpc) is 3.16. The Morgan fingerprint density at radius 3 is 2.75 bits per heavy atom. The van der Waals surface area contributed by atoms with Gasteiger partial charge in [0.2, 0.25) is 5.16 Å². The van der Waals surface area contributed by atoms with Gasteiger partial charge in [0, 0.05) is 24.9 Å². The molecule has 3 aromatic rings. The quantitative estimate of drug-likeness (QED) is 0.280. The van der Waals surface area contributed by atoms with Crippen LogP contribution in [0.15, 0.2) is 35.5 Å². The maximum absolute atomic E-state index is 14.0. The predicted molar refractivity (Wildman–Crippen MR) is 124 cm³/mol. The minimum absolute atomic E-state index is 0.0540. The molecule has 0 aliphatic rings. The topological polar surface area (TPSA) is 74.1 Å². The van der Waals surface area contributed by atoms with Crippen molar-refractivity contribution in [3.05, 3.63) is 57.3 Å². The number of nitrogens with zero attached hydrogens (tertiary/aromatic N) is 4. The Labute approximate surface area is 200 Å². The number of ether oxygens (including phenoxy) is 2. The number of hydrogen-bond donors (Lipinski definition) is 1. The second-order valence-corrected chi connectivity index (χ2v) is 8.67. The lowest BCUT2D eigenvalue weighted by atomic mass is 10.2. The van der Waals surface area contributed by atoms with Crippen molar-refractivity contribution >= 4 is 35.0 Å². The molecule has 0 bridgehead atoms. The van der Waals surface area contributed by atoms with Crippen molar-refractivity contribution < 1.29 is 13.9 Å². The van der Waals surface area contributed by atoms with Crippen LogP contribution in [0.4, 0.5) is 4.39 Å². The molecule has 0 spiro atoms. The molecular weight excluding hydrogens is 476 g/mol. The average molecular weight is 500 g/mol. The molecule has 0 amide bonds. The highest BCUT2D eigenvalue weighted by Gasteiger charge is 2.15. The molecule has 2 aromatic carbocycles. The minimum atomic E-state index is -0.430.